The molecule has 1 saturated carbocycles. The number of aromatic hydroxyl groups is 1. The van der Waals surface area contributed by atoms with Gasteiger partial charge >= 0.3 is 5.97 Å². The molecule has 0 unspecified atom stereocenters. The van der Waals surface area contributed by atoms with E-state index in [1.54, 1.807) is 13.2 Å². The number of rotatable bonds is 6. The maximum absolute atomic E-state index is 12.0. The van der Waals surface area contributed by atoms with Crippen LogP contribution in [-0.2, 0) is 16.6 Å². The standard InChI is InChI=1S/C24H34N2O5/c1-12(2)9-16(23(28)29)25-15-6-5-14-17-10-13-19(30-4)11-18(27)21-20(13)24(14,22(15)31-21)7-8-26(17)3/h11-12,14-17,22,25,27H,5-10H2,1-4H3,(H,28,29)/t14-,15+,16-,17+,22-,24-/m0/s1. The van der Waals surface area contributed by atoms with Crippen molar-refractivity contribution in [1.29, 1.82) is 0 Å². The lowest BCUT2D eigenvalue weighted by Gasteiger charge is -2.59. The van der Waals surface area contributed by atoms with Gasteiger partial charge < -0.3 is 24.6 Å². The Bertz CT molecular complexity index is 902. The van der Waals surface area contributed by atoms with Crippen molar-refractivity contribution in [1.82, 2.24) is 10.2 Å². The Labute approximate surface area is 183 Å². The van der Waals surface area contributed by atoms with Crippen LogP contribution in [0.4, 0.5) is 0 Å². The Morgan fingerprint density at radius 3 is 2.87 bits per heavy atom. The van der Waals surface area contributed by atoms with Gasteiger partial charge in [0, 0.05) is 34.7 Å². The third-order valence-electron chi connectivity index (χ3n) is 8.32. The first-order chi connectivity index (χ1) is 14.8. The van der Waals surface area contributed by atoms with Gasteiger partial charge in [-0.15, -0.1) is 0 Å². The predicted molar refractivity (Wildman–Crippen MR) is 116 cm³/mol. The minimum absolute atomic E-state index is 0.0658. The third-order valence-corrected chi connectivity index (χ3v) is 8.32. The van der Waals surface area contributed by atoms with Crippen molar-refractivity contribution in [2.45, 2.75) is 75.6 Å². The van der Waals surface area contributed by atoms with E-state index >= 15 is 0 Å². The van der Waals surface area contributed by atoms with Gasteiger partial charge in [-0.1, -0.05) is 13.8 Å². The summed E-state index contributed by atoms with van der Waals surface area (Å²) in [6, 6.07) is 1.42. The van der Waals surface area contributed by atoms with Crippen molar-refractivity contribution in [3.63, 3.8) is 0 Å². The number of phenols is 1. The van der Waals surface area contributed by atoms with Crippen molar-refractivity contribution in [2.75, 3.05) is 20.7 Å². The van der Waals surface area contributed by atoms with Gasteiger partial charge in [0.05, 0.1) is 7.11 Å². The van der Waals surface area contributed by atoms with Crippen LogP contribution >= 0.6 is 0 Å². The number of likely N-dealkylation sites (tertiary alicyclic amines) is 1. The molecule has 1 aromatic carbocycles. The van der Waals surface area contributed by atoms with Gasteiger partial charge in [-0.3, -0.25) is 10.1 Å². The van der Waals surface area contributed by atoms with E-state index < -0.39 is 12.0 Å². The van der Waals surface area contributed by atoms with E-state index in [0.717, 1.165) is 49.1 Å². The molecule has 2 aliphatic heterocycles. The quantitative estimate of drug-likeness (QED) is 0.639. The molecule has 2 aliphatic carbocycles. The number of ether oxygens (including phenoxy) is 2. The number of hydrogen-bond donors (Lipinski definition) is 3. The number of hydrogen-bond acceptors (Lipinski definition) is 6. The number of nitrogens with one attached hydrogen (secondary N) is 1. The molecule has 5 rings (SSSR count). The molecule has 2 fully saturated rings. The van der Waals surface area contributed by atoms with Crippen molar-refractivity contribution in [2.24, 2.45) is 11.8 Å². The first kappa shape index (κ1) is 20.9. The summed E-state index contributed by atoms with van der Waals surface area (Å²) in [4.78, 5) is 14.4. The largest absolute Gasteiger partial charge is 0.504 e. The van der Waals surface area contributed by atoms with E-state index in [1.807, 2.05) is 0 Å². The summed E-state index contributed by atoms with van der Waals surface area (Å²) in [6.07, 6.45) is 4.15. The minimum atomic E-state index is -0.807. The van der Waals surface area contributed by atoms with Gasteiger partial charge in [-0.05, 0) is 57.5 Å². The summed E-state index contributed by atoms with van der Waals surface area (Å²) >= 11 is 0. The highest BCUT2D eigenvalue weighted by atomic mass is 16.5. The molecular formula is C24H34N2O5. The first-order valence-electron chi connectivity index (χ1n) is 11.6. The second-order valence-electron chi connectivity index (χ2n) is 10.3. The number of aliphatic carboxylic acids is 1. The van der Waals surface area contributed by atoms with Crippen LogP contribution in [0.15, 0.2) is 6.07 Å². The maximum atomic E-state index is 12.0. The topological polar surface area (TPSA) is 91.3 Å². The second kappa shape index (κ2) is 7.27. The molecule has 0 aromatic heterocycles. The maximum Gasteiger partial charge on any atom is 0.320 e. The van der Waals surface area contributed by atoms with E-state index in [1.165, 1.54) is 0 Å². The first-order valence-corrected chi connectivity index (χ1v) is 11.6. The lowest BCUT2D eigenvalue weighted by atomic mass is 9.51. The number of piperidine rings is 1. The third kappa shape index (κ3) is 2.89. The Morgan fingerprint density at radius 2 is 2.19 bits per heavy atom. The molecule has 1 spiro atoms. The summed E-state index contributed by atoms with van der Waals surface area (Å²) in [5, 5.41) is 24.1. The van der Waals surface area contributed by atoms with E-state index in [0.29, 0.717) is 24.1 Å². The van der Waals surface area contributed by atoms with E-state index in [2.05, 4.69) is 31.1 Å². The molecule has 7 heteroatoms. The number of phenolic OH excluding ortho intramolecular Hbond substituents is 1. The average Bonchev–Trinajstić information content (AvgIpc) is 3.07. The Hall–Kier alpha value is -1.99. The van der Waals surface area contributed by atoms with Crippen LogP contribution in [-0.4, -0.2) is 66.0 Å². The Balaban J connectivity index is 1.60. The van der Waals surface area contributed by atoms with Crippen molar-refractivity contribution in [3.8, 4) is 17.2 Å². The van der Waals surface area contributed by atoms with Gasteiger partial charge in [0.2, 0.25) is 0 Å². The summed E-state index contributed by atoms with van der Waals surface area (Å²) in [5.41, 5.74) is 2.08. The molecule has 31 heavy (non-hydrogen) atoms. The molecule has 2 bridgehead atoms. The zero-order chi connectivity index (χ0) is 22.1. The molecule has 1 aromatic rings. The summed E-state index contributed by atoms with van der Waals surface area (Å²) < 4.78 is 12.2. The van der Waals surface area contributed by atoms with E-state index in [4.69, 9.17) is 9.47 Å². The number of likely N-dealkylation sites (N-methyl/N-ethyl adjacent to an activating group) is 1. The fourth-order valence-corrected chi connectivity index (χ4v) is 7.11. The molecule has 0 radical (unpaired) electrons. The molecule has 4 aliphatic rings. The molecule has 170 valence electrons. The van der Waals surface area contributed by atoms with Crippen LogP contribution in [0.25, 0.3) is 0 Å². The van der Waals surface area contributed by atoms with Crippen LogP contribution in [0, 0.1) is 11.8 Å². The molecule has 0 amide bonds. The van der Waals surface area contributed by atoms with E-state index in [9.17, 15) is 15.0 Å². The van der Waals surface area contributed by atoms with Gasteiger partial charge in [0.1, 0.15) is 17.9 Å². The molecule has 1 saturated heterocycles. The zero-order valence-electron chi connectivity index (χ0n) is 18.9. The monoisotopic (exact) mass is 430 g/mol. The van der Waals surface area contributed by atoms with Crippen molar-refractivity contribution >= 4 is 5.97 Å². The molecule has 2 heterocycles. The van der Waals surface area contributed by atoms with Crippen LogP contribution in [0.2, 0.25) is 0 Å². The molecular weight excluding hydrogens is 396 g/mol. The lowest BCUT2D eigenvalue weighted by molar-refractivity contribution is -0.141. The SMILES string of the molecule is COc1cc(O)c2c3c1C[C@@H]1[C@@H]4CC[C@@H](N[C@@H](CC(C)C)C(=O)O)[C@H](O2)[C@]34CCN1C. The zero-order valence-corrected chi connectivity index (χ0v) is 18.9. The van der Waals surface area contributed by atoms with Gasteiger partial charge in [0.15, 0.2) is 11.5 Å². The molecule has 7 nitrogen and oxygen atoms in total. The van der Waals surface area contributed by atoms with Crippen molar-refractivity contribution < 1.29 is 24.5 Å². The number of carboxylic acids is 1. The highest BCUT2D eigenvalue weighted by Crippen LogP contribution is 2.65. The molecule has 3 N–H and O–H groups in total. The van der Waals surface area contributed by atoms with Gasteiger partial charge in [-0.2, -0.15) is 0 Å². The highest BCUT2D eigenvalue weighted by molar-refractivity contribution is 5.73. The van der Waals surface area contributed by atoms with Gasteiger partial charge in [0.25, 0.3) is 0 Å². The number of methoxy groups -OCH3 is 1. The van der Waals surface area contributed by atoms with Crippen LogP contribution in [0.1, 0.15) is 50.7 Å². The highest BCUT2D eigenvalue weighted by Gasteiger charge is 2.66. The molecule has 6 atom stereocenters. The van der Waals surface area contributed by atoms with Crippen molar-refractivity contribution in [3.05, 3.63) is 17.2 Å². The lowest BCUT2D eigenvalue weighted by Crippen LogP contribution is -2.68. The van der Waals surface area contributed by atoms with E-state index in [-0.39, 0.29) is 29.2 Å². The van der Waals surface area contributed by atoms with Crippen LogP contribution < -0.4 is 14.8 Å². The van der Waals surface area contributed by atoms with Crippen LogP contribution in [0.3, 0.4) is 0 Å². The normalized spacial score (nSPS) is 34.2. The van der Waals surface area contributed by atoms with Crippen LogP contribution in [0.5, 0.6) is 17.2 Å². The van der Waals surface area contributed by atoms with Gasteiger partial charge in [-0.25, -0.2) is 0 Å². The predicted octanol–water partition coefficient (Wildman–Crippen LogP) is 2.53. The fourth-order valence-electron chi connectivity index (χ4n) is 7.11. The summed E-state index contributed by atoms with van der Waals surface area (Å²) in [6.45, 7) is 5.07. The second-order valence-corrected chi connectivity index (χ2v) is 10.3. The minimum Gasteiger partial charge on any atom is -0.504 e. The summed E-state index contributed by atoms with van der Waals surface area (Å²) in [7, 11) is 3.86. The number of carbonyl (C=O) groups is 1. The fraction of sp³-hybridized carbons (Fsp3) is 0.708. The Kier molecular flexibility index (Phi) is 4.90. The number of nitrogens with zero attached hydrogens (tertiary/aromatic N) is 1. The number of carboxylic acid groups (broad SMARTS) is 1. The smallest absolute Gasteiger partial charge is 0.320 e. The summed E-state index contributed by atoms with van der Waals surface area (Å²) in [5.74, 6) is 1.37. The number of benzene rings is 1. The average molecular weight is 431 g/mol. The Morgan fingerprint density at radius 1 is 1.42 bits per heavy atom.